The van der Waals surface area contributed by atoms with E-state index in [2.05, 4.69) is 53.7 Å². The molecule has 5 aliphatic carbocycles. The second-order valence-electron chi connectivity index (χ2n) is 17.6. The van der Waals surface area contributed by atoms with Crippen molar-refractivity contribution < 1.29 is 44.8 Å². The maximum Gasteiger partial charge on any atom is 0.186 e. The van der Waals surface area contributed by atoms with Crippen molar-refractivity contribution in [3.8, 4) is 0 Å². The van der Waals surface area contributed by atoms with Gasteiger partial charge in [0, 0.05) is 22.2 Å². The maximum absolute atomic E-state index is 12.1. The van der Waals surface area contributed by atoms with E-state index in [9.17, 15) is 30.6 Å². The zero-order valence-corrected chi connectivity index (χ0v) is 28.1. The fourth-order valence-electron chi connectivity index (χ4n) is 13.2. The van der Waals surface area contributed by atoms with Crippen LogP contribution in [0.2, 0.25) is 0 Å². The van der Waals surface area contributed by atoms with Crippen molar-refractivity contribution in [2.45, 2.75) is 135 Å². The van der Waals surface area contributed by atoms with E-state index in [0.29, 0.717) is 24.9 Å². The molecular formula is C36H58O9. The summed E-state index contributed by atoms with van der Waals surface area (Å²) in [4.78, 5) is 0. The fourth-order valence-corrected chi connectivity index (χ4v) is 13.2. The molecule has 4 saturated carbocycles. The van der Waals surface area contributed by atoms with E-state index < -0.39 is 60.5 Å². The van der Waals surface area contributed by atoms with Crippen LogP contribution in [0.5, 0.6) is 0 Å². The Hall–Kier alpha value is -0.620. The van der Waals surface area contributed by atoms with Crippen molar-refractivity contribution in [1.29, 1.82) is 0 Å². The van der Waals surface area contributed by atoms with Crippen molar-refractivity contribution in [2.75, 3.05) is 19.8 Å². The first-order valence-electron chi connectivity index (χ1n) is 17.7. The van der Waals surface area contributed by atoms with Gasteiger partial charge >= 0.3 is 0 Å². The van der Waals surface area contributed by atoms with Crippen molar-refractivity contribution in [3.05, 3.63) is 12.2 Å². The first-order chi connectivity index (χ1) is 21.1. The molecule has 7 aliphatic rings. The molecule has 2 aliphatic heterocycles. The second kappa shape index (κ2) is 10.4. The third kappa shape index (κ3) is 3.88. The molecule has 1 spiro atoms. The largest absolute Gasteiger partial charge is 0.396 e. The Labute approximate surface area is 268 Å². The summed E-state index contributed by atoms with van der Waals surface area (Å²) in [5.41, 5.74) is -1.79. The third-order valence-electron chi connectivity index (χ3n) is 16.2. The van der Waals surface area contributed by atoms with Crippen LogP contribution in [0.25, 0.3) is 0 Å². The van der Waals surface area contributed by atoms with E-state index in [-0.39, 0.29) is 46.0 Å². The number of fused-ring (bicyclic) bond motifs is 4. The fraction of sp³-hybridized carbons (Fsp3) is 0.944. The SMILES string of the molecule is C[C@H]1[C@H](C)CC[C@]23CO[C@@]4(C=C[C@@H]5[C@@]6(C)CC[C@H](O[C@@H]7O[C@H](CO)[C@@H](O)[C@H](O)[C@H]7O)[C@@](C)(CO)[C@@H]6CC[C@@]5(C)[C@]4(C)C[C@@H]2O)[C@H]13. The summed E-state index contributed by atoms with van der Waals surface area (Å²) in [5, 5.41) is 64.3. The molecule has 2 saturated heterocycles. The lowest BCUT2D eigenvalue weighted by Gasteiger charge is -2.73. The van der Waals surface area contributed by atoms with Crippen LogP contribution < -0.4 is 0 Å². The van der Waals surface area contributed by atoms with Gasteiger partial charge in [0.25, 0.3) is 0 Å². The van der Waals surface area contributed by atoms with Gasteiger partial charge < -0.3 is 44.8 Å². The number of hydrogen-bond donors (Lipinski definition) is 6. The molecule has 0 aromatic rings. The summed E-state index contributed by atoms with van der Waals surface area (Å²) in [6.07, 6.45) is 3.54. The first kappa shape index (κ1) is 32.9. The molecular weight excluding hydrogens is 576 g/mol. The van der Waals surface area contributed by atoms with E-state index in [1.165, 1.54) is 0 Å². The van der Waals surface area contributed by atoms with Crippen LogP contribution in [0.1, 0.15) is 86.5 Å². The van der Waals surface area contributed by atoms with Crippen molar-refractivity contribution in [2.24, 2.45) is 56.7 Å². The van der Waals surface area contributed by atoms with Gasteiger partial charge in [-0.1, -0.05) is 53.7 Å². The van der Waals surface area contributed by atoms with Crippen LogP contribution in [-0.2, 0) is 14.2 Å². The highest BCUT2D eigenvalue weighted by Gasteiger charge is 2.79. The highest BCUT2D eigenvalue weighted by atomic mass is 16.7. The Morgan fingerprint density at radius 3 is 2.31 bits per heavy atom. The molecule has 45 heavy (non-hydrogen) atoms. The van der Waals surface area contributed by atoms with Gasteiger partial charge in [0.1, 0.15) is 24.4 Å². The number of rotatable bonds is 4. The van der Waals surface area contributed by atoms with E-state index >= 15 is 0 Å². The van der Waals surface area contributed by atoms with Crippen molar-refractivity contribution >= 4 is 0 Å². The van der Waals surface area contributed by atoms with Crippen molar-refractivity contribution in [3.63, 3.8) is 0 Å². The highest BCUT2D eigenvalue weighted by Crippen LogP contribution is 2.79. The standard InChI is InChI=1S/C36H58O9/c1-19-7-13-35-18-43-36(29(35)20(19)2)14-9-23-31(3)11-10-25(45-30-28(42)27(41)26(40)21(16-37)44-30)32(4,17-38)22(31)8-12-33(23,5)34(36,6)15-24(35)39/h9,14,19-30,37-42H,7-8,10-13,15-18H2,1-6H3/t19-,20+,21-,22-,23-,24+,25+,26-,27+,28-,29-,30+,31+,32+,33-,34+,35+,36+/m1/s1. The number of allylic oxidation sites excluding steroid dienone is 1. The minimum Gasteiger partial charge on any atom is -0.396 e. The van der Waals surface area contributed by atoms with E-state index in [1.807, 2.05) is 0 Å². The normalized spacial score (nSPS) is 62.0. The molecule has 0 amide bonds. The average Bonchev–Trinajstić information content (AvgIpc) is 3.32. The van der Waals surface area contributed by atoms with Gasteiger partial charge in [-0.25, -0.2) is 0 Å². The lowest BCUT2D eigenvalue weighted by molar-refractivity contribution is -0.334. The van der Waals surface area contributed by atoms with Gasteiger partial charge in [0.15, 0.2) is 6.29 Å². The Morgan fingerprint density at radius 2 is 1.62 bits per heavy atom. The minimum absolute atomic E-state index is 0.102. The van der Waals surface area contributed by atoms with Crippen LogP contribution >= 0.6 is 0 Å². The lowest BCUT2D eigenvalue weighted by atomic mass is 9.31. The summed E-state index contributed by atoms with van der Waals surface area (Å²) in [6.45, 7) is 14.1. The summed E-state index contributed by atoms with van der Waals surface area (Å²) in [7, 11) is 0. The van der Waals surface area contributed by atoms with Crippen LogP contribution in [0.4, 0.5) is 0 Å². The quantitative estimate of drug-likeness (QED) is 0.203. The molecule has 18 atom stereocenters. The molecule has 2 bridgehead atoms. The zero-order chi connectivity index (χ0) is 32.5. The Bertz CT molecular complexity index is 1200. The first-order valence-corrected chi connectivity index (χ1v) is 17.7. The monoisotopic (exact) mass is 634 g/mol. The van der Waals surface area contributed by atoms with Gasteiger partial charge in [-0.3, -0.25) is 0 Å². The number of aliphatic hydroxyl groups excluding tert-OH is 6. The summed E-state index contributed by atoms with van der Waals surface area (Å²) in [5.74, 6) is 1.64. The summed E-state index contributed by atoms with van der Waals surface area (Å²) >= 11 is 0. The zero-order valence-electron chi connectivity index (χ0n) is 28.1. The Morgan fingerprint density at radius 1 is 0.889 bits per heavy atom. The third-order valence-corrected chi connectivity index (χ3v) is 16.2. The number of hydrogen-bond acceptors (Lipinski definition) is 9. The predicted molar refractivity (Wildman–Crippen MR) is 166 cm³/mol. The van der Waals surface area contributed by atoms with Gasteiger partial charge in [-0.15, -0.1) is 0 Å². The maximum atomic E-state index is 12.1. The molecule has 2 heterocycles. The van der Waals surface area contributed by atoms with E-state index in [4.69, 9.17) is 14.2 Å². The number of ether oxygens (including phenoxy) is 3. The van der Waals surface area contributed by atoms with Crippen LogP contribution in [0.15, 0.2) is 12.2 Å². The predicted octanol–water partition coefficient (Wildman–Crippen LogP) is 2.78. The van der Waals surface area contributed by atoms with Crippen molar-refractivity contribution in [1.82, 2.24) is 0 Å². The lowest BCUT2D eigenvalue weighted by Crippen LogP contribution is -2.73. The molecule has 0 aromatic carbocycles. The topological polar surface area (TPSA) is 149 Å². The van der Waals surface area contributed by atoms with Crippen LogP contribution in [0.3, 0.4) is 0 Å². The Kier molecular flexibility index (Phi) is 7.64. The molecule has 0 aromatic heterocycles. The van der Waals surface area contributed by atoms with Gasteiger partial charge in [-0.05, 0) is 79.4 Å². The molecule has 7 rings (SSSR count). The second-order valence-corrected chi connectivity index (χ2v) is 17.6. The summed E-state index contributed by atoms with van der Waals surface area (Å²) in [6, 6.07) is 0. The molecule has 9 heteroatoms. The van der Waals surface area contributed by atoms with Crippen LogP contribution in [-0.4, -0.2) is 99.0 Å². The van der Waals surface area contributed by atoms with E-state index in [0.717, 1.165) is 38.5 Å². The summed E-state index contributed by atoms with van der Waals surface area (Å²) < 4.78 is 19.2. The molecule has 6 N–H and O–H groups in total. The number of aliphatic hydroxyl groups is 6. The van der Waals surface area contributed by atoms with Gasteiger partial charge in [0.2, 0.25) is 0 Å². The molecule has 9 nitrogen and oxygen atoms in total. The highest BCUT2D eigenvalue weighted by molar-refractivity contribution is 5.36. The minimum atomic E-state index is -1.51. The van der Waals surface area contributed by atoms with Gasteiger partial charge in [0.05, 0.1) is 37.6 Å². The average molecular weight is 635 g/mol. The molecule has 256 valence electrons. The molecule has 6 fully saturated rings. The molecule has 0 radical (unpaired) electrons. The van der Waals surface area contributed by atoms with Crippen LogP contribution in [0, 0.1) is 56.7 Å². The van der Waals surface area contributed by atoms with E-state index in [1.54, 1.807) is 0 Å². The van der Waals surface area contributed by atoms with Gasteiger partial charge in [-0.2, -0.15) is 0 Å². The smallest absolute Gasteiger partial charge is 0.186 e. The Balaban J connectivity index is 1.23. The molecule has 0 unspecified atom stereocenters.